The number of amidine groups is 1. The Bertz CT molecular complexity index is 1250. The Morgan fingerprint density at radius 2 is 1.87 bits per heavy atom. The molecule has 0 bridgehead atoms. The number of fused-ring (bicyclic) bond motifs is 1. The highest BCUT2D eigenvalue weighted by molar-refractivity contribution is 7.90. The first kappa shape index (κ1) is 20.5. The second kappa shape index (κ2) is 8.56. The summed E-state index contributed by atoms with van der Waals surface area (Å²) in [4.78, 5) is 20.4. The molecule has 0 aliphatic carbocycles. The van der Waals surface area contributed by atoms with Crippen molar-refractivity contribution in [3.05, 3.63) is 60.0 Å². The number of nitrogens with zero attached hydrogens (tertiary/aromatic N) is 3. The number of aliphatic imine (C=N–C) groups is 1. The third kappa shape index (κ3) is 4.40. The number of esters is 1. The molecule has 1 aromatic heterocycles. The van der Waals surface area contributed by atoms with E-state index in [1.165, 1.54) is 6.07 Å². The largest absolute Gasteiger partial charge is 0.493 e. The minimum atomic E-state index is -3.67. The smallest absolute Gasteiger partial charge is 0.328 e. The quantitative estimate of drug-likeness (QED) is 0.549. The topological polar surface area (TPSA) is 133 Å². The molecule has 0 saturated heterocycles. The average Bonchev–Trinajstić information content (AvgIpc) is 3.34. The van der Waals surface area contributed by atoms with Crippen LogP contribution in [-0.2, 0) is 26.2 Å². The van der Waals surface area contributed by atoms with Crippen molar-refractivity contribution in [3.63, 3.8) is 0 Å². The molecule has 4 rings (SSSR count). The minimum Gasteiger partial charge on any atom is -0.493 e. The standard InChI is InChI=1S/C20H18N4O6S/c1-2-28-15-9-5-3-7-13(15)20-22-17(30-23-20)12-29-18(25)11-21-19-14-8-4-6-10-16(14)31(26,27)24-19/h3-10H,2,11-12H2,1H3,(H,21,24). The maximum Gasteiger partial charge on any atom is 0.328 e. The number of aromatic nitrogens is 2. The van der Waals surface area contributed by atoms with Gasteiger partial charge in [0.25, 0.3) is 15.9 Å². The van der Waals surface area contributed by atoms with E-state index in [9.17, 15) is 13.2 Å². The Labute approximate surface area is 178 Å². The molecule has 10 nitrogen and oxygen atoms in total. The molecule has 1 aliphatic heterocycles. The van der Waals surface area contributed by atoms with Crippen LogP contribution in [-0.4, -0.2) is 43.5 Å². The van der Waals surface area contributed by atoms with Gasteiger partial charge >= 0.3 is 5.97 Å². The highest BCUT2D eigenvalue weighted by Gasteiger charge is 2.30. The van der Waals surface area contributed by atoms with Gasteiger partial charge in [0.15, 0.2) is 6.61 Å². The highest BCUT2D eigenvalue weighted by Crippen LogP contribution is 2.27. The van der Waals surface area contributed by atoms with Gasteiger partial charge in [-0.2, -0.15) is 4.98 Å². The number of carbonyl (C=O) groups excluding carboxylic acids is 1. The molecule has 0 radical (unpaired) electrons. The van der Waals surface area contributed by atoms with Crippen molar-refractivity contribution in [1.29, 1.82) is 0 Å². The lowest BCUT2D eigenvalue weighted by Crippen LogP contribution is -2.23. The predicted molar refractivity (Wildman–Crippen MR) is 109 cm³/mol. The van der Waals surface area contributed by atoms with E-state index in [1.54, 1.807) is 30.3 Å². The van der Waals surface area contributed by atoms with Crippen molar-refractivity contribution < 1.29 is 27.2 Å². The number of para-hydroxylation sites is 1. The van der Waals surface area contributed by atoms with E-state index in [2.05, 4.69) is 19.9 Å². The lowest BCUT2D eigenvalue weighted by Gasteiger charge is -2.06. The van der Waals surface area contributed by atoms with E-state index in [0.717, 1.165) is 0 Å². The molecule has 11 heteroatoms. The van der Waals surface area contributed by atoms with Gasteiger partial charge in [-0.25, -0.2) is 8.42 Å². The summed E-state index contributed by atoms with van der Waals surface area (Å²) in [6.45, 7) is 1.75. The van der Waals surface area contributed by atoms with Crippen LogP contribution in [0.25, 0.3) is 11.4 Å². The fourth-order valence-electron chi connectivity index (χ4n) is 2.94. The van der Waals surface area contributed by atoms with Crippen LogP contribution in [0.4, 0.5) is 0 Å². The van der Waals surface area contributed by atoms with Crippen LogP contribution in [0.2, 0.25) is 0 Å². The summed E-state index contributed by atoms with van der Waals surface area (Å²) in [5.74, 6) is 0.455. The van der Waals surface area contributed by atoms with Crippen LogP contribution in [0.5, 0.6) is 5.75 Å². The maximum absolute atomic E-state index is 12.1. The van der Waals surface area contributed by atoms with Crippen LogP contribution in [0, 0.1) is 0 Å². The van der Waals surface area contributed by atoms with Crippen LogP contribution >= 0.6 is 0 Å². The summed E-state index contributed by atoms with van der Waals surface area (Å²) in [5, 5.41) is 3.90. The zero-order valence-electron chi connectivity index (χ0n) is 16.4. The first-order valence-corrected chi connectivity index (χ1v) is 10.8. The number of hydrogen-bond acceptors (Lipinski definition) is 9. The molecule has 1 N–H and O–H groups in total. The van der Waals surface area contributed by atoms with Crippen molar-refractivity contribution >= 4 is 21.8 Å². The number of nitrogens with one attached hydrogen (secondary N) is 1. The molecule has 0 atom stereocenters. The maximum atomic E-state index is 12.1. The second-order valence-corrected chi connectivity index (χ2v) is 8.02. The van der Waals surface area contributed by atoms with Crippen molar-refractivity contribution in [2.75, 3.05) is 13.2 Å². The number of sulfonamides is 1. The Morgan fingerprint density at radius 1 is 1.13 bits per heavy atom. The van der Waals surface area contributed by atoms with Gasteiger partial charge in [0.05, 0.1) is 17.1 Å². The van der Waals surface area contributed by atoms with E-state index < -0.39 is 16.0 Å². The van der Waals surface area contributed by atoms with Crippen LogP contribution in [0.15, 0.2) is 62.9 Å². The van der Waals surface area contributed by atoms with E-state index in [1.807, 2.05) is 19.1 Å². The molecular formula is C20H18N4O6S. The predicted octanol–water partition coefficient (Wildman–Crippen LogP) is 1.92. The molecule has 0 unspecified atom stereocenters. The van der Waals surface area contributed by atoms with Crippen LogP contribution < -0.4 is 9.46 Å². The number of hydrogen-bond donors (Lipinski definition) is 1. The zero-order valence-corrected chi connectivity index (χ0v) is 17.3. The molecule has 0 fully saturated rings. The number of ether oxygens (including phenoxy) is 2. The van der Waals surface area contributed by atoms with Crippen molar-refractivity contribution in [1.82, 2.24) is 14.9 Å². The summed E-state index contributed by atoms with van der Waals surface area (Å²) in [6, 6.07) is 13.6. The fourth-order valence-corrected chi connectivity index (χ4v) is 4.19. The average molecular weight is 442 g/mol. The van der Waals surface area contributed by atoms with Gasteiger partial charge in [0.1, 0.15) is 18.1 Å². The van der Waals surface area contributed by atoms with Gasteiger partial charge in [-0.1, -0.05) is 29.4 Å². The molecule has 0 spiro atoms. The Balaban J connectivity index is 1.38. The number of rotatable bonds is 7. The Morgan fingerprint density at radius 3 is 2.68 bits per heavy atom. The number of benzene rings is 2. The third-order valence-electron chi connectivity index (χ3n) is 4.28. The monoisotopic (exact) mass is 442 g/mol. The second-order valence-electron chi connectivity index (χ2n) is 6.37. The van der Waals surface area contributed by atoms with E-state index >= 15 is 0 Å². The normalized spacial score (nSPS) is 15.3. The van der Waals surface area contributed by atoms with Crippen LogP contribution in [0.3, 0.4) is 0 Å². The SMILES string of the molecule is CCOc1ccccc1-c1noc(COC(=O)CN=C2NS(=O)(=O)c3ccccc32)n1. The van der Waals surface area contributed by atoms with E-state index in [4.69, 9.17) is 14.0 Å². The van der Waals surface area contributed by atoms with Crippen molar-refractivity contribution in [2.45, 2.75) is 18.4 Å². The summed E-state index contributed by atoms with van der Waals surface area (Å²) in [7, 11) is -3.67. The fraction of sp³-hybridized carbons (Fsp3) is 0.200. The number of carbonyl (C=O) groups is 1. The zero-order chi connectivity index (χ0) is 21.8. The molecule has 160 valence electrons. The van der Waals surface area contributed by atoms with Crippen molar-refractivity contribution in [3.8, 4) is 17.1 Å². The highest BCUT2D eigenvalue weighted by atomic mass is 32.2. The first-order chi connectivity index (χ1) is 15.0. The summed E-state index contributed by atoms with van der Waals surface area (Å²) in [5.41, 5.74) is 1.06. The molecule has 2 heterocycles. The first-order valence-electron chi connectivity index (χ1n) is 9.35. The summed E-state index contributed by atoms with van der Waals surface area (Å²) < 4.78 is 42.2. The lowest BCUT2D eigenvalue weighted by molar-refractivity contribution is -0.143. The summed E-state index contributed by atoms with van der Waals surface area (Å²) >= 11 is 0. The molecule has 0 saturated carbocycles. The van der Waals surface area contributed by atoms with Gasteiger partial charge in [0.2, 0.25) is 5.82 Å². The van der Waals surface area contributed by atoms with Gasteiger partial charge in [-0.15, -0.1) is 0 Å². The van der Waals surface area contributed by atoms with Gasteiger partial charge < -0.3 is 14.0 Å². The van der Waals surface area contributed by atoms with Gasteiger partial charge in [-0.05, 0) is 31.2 Å². The summed E-state index contributed by atoms with van der Waals surface area (Å²) in [6.07, 6.45) is 0. The molecule has 3 aromatic rings. The minimum absolute atomic E-state index is 0.0974. The van der Waals surface area contributed by atoms with E-state index in [-0.39, 0.29) is 29.8 Å². The lowest BCUT2D eigenvalue weighted by atomic mass is 10.2. The third-order valence-corrected chi connectivity index (χ3v) is 5.68. The van der Waals surface area contributed by atoms with Crippen molar-refractivity contribution in [2.24, 2.45) is 4.99 Å². The molecular weight excluding hydrogens is 424 g/mol. The molecule has 1 aliphatic rings. The van der Waals surface area contributed by atoms with Crippen LogP contribution in [0.1, 0.15) is 18.4 Å². The van der Waals surface area contributed by atoms with Gasteiger partial charge in [-0.3, -0.25) is 14.5 Å². The Hall–Kier alpha value is -3.73. The molecule has 2 aromatic carbocycles. The molecule has 0 amide bonds. The molecule has 31 heavy (non-hydrogen) atoms. The van der Waals surface area contributed by atoms with E-state index in [0.29, 0.717) is 29.3 Å². The Kier molecular flexibility index (Phi) is 5.67. The van der Waals surface area contributed by atoms with Gasteiger partial charge in [0, 0.05) is 5.56 Å².